The van der Waals surface area contributed by atoms with E-state index in [1.165, 1.54) is 25.3 Å². The van der Waals surface area contributed by atoms with Gasteiger partial charge < -0.3 is 15.0 Å². The second-order valence-electron chi connectivity index (χ2n) is 5.26. The Bertz CT molecular complexity index is 567. The highest BCUT2D eigenvalue weighted by Gasteiger charge is 2.28. The molecule has 1 aromatic rings. The molecule has 0 saturated carbocycles. The van der Waals surface area contributed by atoms with E-state index in [1.54, 1.807) is 4.90 Å². The number of rotatable bonds is 3. The lowest BCUT2D eigenvalue weighted by Gasteiger charge is -2.37. The fraction of sp³-hybridized carbons (Fsp3) is 0.500. The lowest BCUT2D eigenvalue weighted by molar-refractivity contribution is -0.385. The number of amides is 1. The molecule has 1 aliphatic heterocycles. The van der Waals surface area contributed by atoms with E-state index in [0.29, 0.717) is 12.1 Å². The first-order chi connectivity index (χ1) is 9.93. The average Bonchev–Trinajstić information content (AvgIpc) is 2.48. The van der Waals surface area contributed by atoms with E-state index in [0.717, 1.165) is 6.54 Å². The van der Waals surface area contributed by atoms with Crippen molar-refractivity contribution >= 4 is 24.0 Å². The zero-order chi connectivity index (χ0) is 15.6. The number of ether oxygens (including phenoxy) is 1. The zero-order valence-corrected chi connectivity index (χ0v) is 13.6. The molecule has 1 saturated heterocycles. The molecule has 0 aromatic heterocycles. The van der Waals surface area contributed by atoms with Gasteiger partial charge in [0, 0.05) is 42.9 Å². The number of nitrogens with zero attached hydrogens (tertiary/aromatic N) is 2. The van der Waals surface area contributed by atoms with Crippen LogP contribution in [0, 0.1) is 10.1 Å². The van der Waals surface area contributed by atoms with Gasteiger partial charge in [-0.15, -0.1) is 12.4 Å². The van der Waals surface area contributed by atoms with Gasteiger partial charge in [-0.2, -0.15) is 0 Å². The van der Waals surface area contributed by atoms with Gasteiger partial charge in [0.1, 0.15) is 0 Å². The third kappa shape index (κ3) is 3.66. The lowest BCUT2D eigenvalue weighted by Crippen LogP contribution is -2.56. The quantitative estimate of drug-likeness (QED) is 0.675. The summed E-state index contributed by atoms with van der Waals surface area (Å²) < 4.78 is 5.01. The molecule has 7 nitrogen and oxygen atoms in total. The van der Waals surface area contributed by atoms with E-state index in [4.69, 9.17) is 4.74 Å². The third-order valence-corrected chi connectivity index (χ3v) is 3.65. The first-order valence-electron chi connectivity index (χ1n) is 6.80. The molecule has 0 radical (unpaired) electrons. The second kappa shape index (κ2) is 7.42. The molecule has 1 N–H and O–H groups in total. The van der Waals surface area contributed by atoms with Gasteiger partial charge in [-0.25, -0.2) is 0 Å². The standard InChI is InChI=1S/C14H19N3O4.ClH/c1-9-8-16(10(2)7-15-9)14(18)11-4-5-12(17(19)20)13(6-11)21-3;/h4-6,9-10,15H,7-8H2,1-3H3;1H. The van der Waals surface area contributed by atoms with Gasteiger partial charge in [0.2, 0.25) is 0 Å². The summed E-state index contributed by atoms with van der Waals surface area (Å²) in [6, 6.07) is 4.52. The number of carbonyl (C=O) groups is 1. The van der Waals surface area contributed by atoms with Crippen molar-refractivity contribution in [2.24, 2.45) is 0 Å². The van der Waals surface area contributed by atoms with Crippen LogP contribution in [0.25, 0.3) is 0 Å². The van der Waals surface area contributed by atoms with Crippen LogP contribution in [0.1, 0.15) is 24.2 Å². The van der Waals surface area contributed by atoms with Crippen LogP contribution in [-0.2, 0) is 0 Å². The van der Waals surface area contributed by atoms with Crippen molar-refractivity contribution in [2.45, 2.75) is 25.9 Å². The van der Waals surface area contributed by atoms with Crippen LogP contribution < -0.4 is 10.1 Å². The van der Waals surface area contributed by atoms with Gasteiger partial charge >= 0.3 is 5.69 Å². The van der Waals surface area contributed by atoms with Crippen LogP contribution in [-0.4, -0.2) is 48.0 Å². The van der Waals surface area contributed by atoms with Crippen molar-refractivity contribution in [2.75, 3.05) is 20.2 Å². The molecule has 22 heavy (non-hydrogen) atoms. The molecule has 1 amide bonds. The molecule has 0 spiro atoms. The Balaban J connectivity index is 0.00000242. The highest BCUT2D eigenvalue weighted by Crippen LogP contribution is 2.28. The Morgan fingerprint density at radius 2 is 2.14 bits per heavy atom. The number of hydrogen-bond donors (Lipinski definition) is 1. The van der Waals surface area contributed by atoms with Gasteiger partial charge in [-0.1, -0.05) is 0 Å². The van der Waals surface area contributed by atoms with Gasteiger partial charge in [-0.3, -0.25) is 14.9 Å². The Kier molecular flexibility index (Phi) is 6.13. The van der Waals surface area contributed by atoms with Crippen LogP contribution >= 0.6 is 12.4 Å². The molecule has 8 heteroatoms. The number of halogens is 1. The number of nitro benzene ring substituents is 1. The molecular weight excluding hydrogens is 310 g/mol. The summed E-state index contributed by atoms with van der Waals surface area (Å²) >= 11 is 0. The van der Waals surface area contributed by atoms with Crippen molar-refractivity contribution in [3.8, 4) is 5.75 Å². The maximum Gasteiger partial charge on any atom is 0.310 e. The normalized spacial score (nSPS) is 21.0. The van der Waals surface area contributed by atoms with E-state index in [2.05, 4.69) is 5.32 Å². The maximum absolute atomic E-state index is 12.6. The van der Waals surface area contributed by atoms with Crippen molar-refractivity contribution in [3.05, 3.63) is 33.9 Å². The van der Waals surface area contributed by atoms with Gasteiger partial charge in [0.05, 0.1) is 12.0 Å². The molecule has 1 fully saturated rings. The van der Waals surface area contributed by atoms with Crippen LogP contribution in [0.4, 0.5) is 5.69 Å². The molecular formula is C14H20ClN3O4. The summed E-state index contributed by atoms with van der Waals surface area (Å²) in [5, 5.41) is 14.2. The smallest absolute Gasteiger partial charge is 0.310 e. The van der Waals surface area contributed by atoms with E-state index < -0.39 is 4.92 Å². The summed E-state index contributed by atoms with van der Waals surface area (Å²) in [5.74, 6) is -0.0364. The van der Waals surface area contributed by atoms with Crippen molar-refractivity contribution in [3.63, 3.8) is 0 Å². The van der Waals surface area contributed by atoms with Crippen LogP contribution in [0.3, 0.4) is 0 Å². The van der Waals surface area contributed by atoms with E-state index >= 15 is 0 Å². The SMILES string of the molecule is COc1cc(C(=O)N2CC(C)NCC2C)ccc1[N+](=O)[O-].Cl. The number of piperazine rings is 1. The molecule has 1 aliphatic rings. The number of nitrogens with one attached hydrogen (secondary N) is 1. The van der Waals surface area contributed by atoms with E-state index in [1.807, 2.05) is 13.8 Å². The van der Waals surface area contributed by atoms with Gasteiger partial charge in [0.25, 0.3) is 5.91 Å². The molecule has 1 heterocycles. The molecule has 1 aromatic carbocycles. The molecule has 0 aliphatic carbocycles. The molecule has 0 bridgehead atoms. The summed E-state index contributed by atoms with van der Waals surface area (Å²) in [5.41, 5.74) is 0.258. The fourth-order valence-corrected chi connectivity index (χ4v) is 2.43. The topological polar surface area (TPSA) is 84.7 Å². The summed E-state index contributed by atoms with van der Waals surface area (Å²) in [4.78, 5) is 24.7. The number of nitro groups is 1. The predicted octanol–water partition coefficient (Wildman–Crippen LogP) is 1.85. The summed E-state index contributed by atoms with van der Waals surface area (Å²) in [6.45, 7) is 5.33. The Hall–Kier alpha value is -1.86. The van der Waals surface area contributed by atoms with E-state index in [9.17, 15) is 14.9 Å². The van der Waals surface area contributed by atoms with Gasteiger partial charge in [-0.05, 0) is 19.9 Å². The average molecular weight is 330 g/mol. The largest absolute Gasteiger partial charge is 0.490 e. The van der Waals surface area contributed by atoms with Crippen molar-refractivity contribution in [1.82, 2.24) is 10.2 Å². The number of benzene rings is 1. The summed E-state index contributed by atoms with van der Waals surface area (Å²) in [6.07, 6.45) is 0. The highest BCUT2D eigenvalue weighted by atomic mass is 35.5. The molecule has 2 rings (SSSR count). The summed E-state index contributed by atoms with van der Waals surface area (Å²) in [7, 11) is 1.35. The maximum atomic E-state index is 12.6. The zero-order valence-electron chi connectivity index (χ0n) is 12.7. The monoisotopic (exact) mass is 329 g/mol. The van der Waals surface area contributed by atoms with Gasteiger partial charge in [0.15, 0.2) is 5.75 Å². The Morgan fingerprint density at radius 1 is 1.45 bits per heavy atom. The Labute approximate surface area is 135 Å². The van der Waals surface area contributed by atoms with Crippen LogP contribution in [0.15, 0.2) is 18.2 Å². The predicted molar refractivity (Wildman–Crippen MR) is 84.9 cm³/mol. The molecule has 2 unspecified atom stereocenters. The second-order valence-corrected chi connectivity index (χ2v) is 5.26. The minimum absolute atomic E-state index is 0. The van der Waals surface area contributed by atoms with Crippen molar-refractivity contribution in [1.29, 1.82) is 0 Å². The van der Waals surface area contributed by atoms with Crippen LogP contribution in [0.2, 0.25) is 0 Å². The lowest BCUT2D eigenvalue weighted by atomic mass is 10.1. The van der Waals surface area contributed by atoms with Crippen molar-refractivity contribution < 1.29 is 14.5 Å². The number of hydrogen-bond acceptors (Lipinski definition) is 5. The highest BCUT2D eigenvalue weighted by molar-refractivity contribution is 5.95. The van der Waals surface area contributed by atoms with Crippen LogP contribution in [0.5, 0.6) is 5.75 Å². The Morgan fingerprint density at radius 3 is 2.73 bits per heavy atom. The fourth-order valence-electron chi connectivity index (χ4n) is 2.43. The third-order valence-electron chi connectivity index (χ3n) is 3.65. The number of carbonyl (C=O) groups excluding carboxylic acids is 1. The molecule has 122 valence electrons. The molecule has 2 atom stereocenters. The first-order valence-corrected chi connectivity index (χ1v) is 6.80. The minimum Gasteiger partial charge on any atom is -0.490 e. The first kappa shape index (κ1) is 18.2. The van der Waals surface area contributed by atoms with E-state index in [-0.39, 0.29) is 41.8 Å². The number of methoxy groups -OCH3 is 1. The minimum atomic E-state index is -0.525.